The number of allylic oxidation sites excluding steroid dienone is 1. The van der Waals surface area contributed by atoms with Gasteiger partial charge in [0.2, 0.25) is 11.8 Å². The minimum atomic E-state index is -0.392. The summed E-state index contributed by atoms with van der Waals surface area (Å²) in [6, 6.07) is 9.59. The van der Waals surface area contributed by atoms with E-state index in [4.69, 9.17) is 4.74 Å². The fourth-order valence-electron chi connectivity index (χ4n) is 3.20. The van der Waals surface area contributed by atoms with Gasteiger partial charge in [-0.3, -0.25) is 9.78 Å². The quantitative estimate of drug-likeness (QED) is 0.687. The number of H-pyrrole nitrogens is 2. The number of aromatic amines is 2. The lowest BCUT2D eigenvalue weighted by molar-refractivity contribution is -0.125. The molecule has 1 aliphatic heterocycles. The Morgan fingerprint density at radius 1 is 1.37 bits per heavy atom. The summed E-state index contributed by atoms with van der Waals surface area (Å²) in [4.78, 5) is 32.3. The number of hydrogen-bond donors (Lipinski definition) is 2. The molecule has 1 amide bonds. The van der Waals surface area contributed by atoms with E-state index in [0.29, 0.717) is 30.5 Å². The van der Waals surface area contributed by atoms with Crippen LogP contribution in [0.3, 0.4) is 0 Å². The largest absolute Gasteiger partial charge is 0.472 e. The topological polar surface area (TPSA) is 104 Å². The minimum Gasteiger partial charge on any atom is -0.472 e. The lowest BCUT2D eigenvalue weighted by Gasteiger charge is -2.16. The molecule has 0 saturated carbocycles. The molecule has 0 spiro atoms. The van der Waals surface area contributed by atoms with Gasteiger partial charge in [0.05, 0.1) is 6.54 Å². The van der Waals surface area contributed by atoms with Crippen molar-refractivity contribution >= 4 is 16.7 Å². The smallest absolute Gasteiger partial charge is 0.340 e. The van der Waals surface area contributed by atoms with Gasteiger partial charge in [0.25, 0.3) is 0 Å². The number of carbonyl (C=O) groups is 1. The number of ether oxygens (including phenoxy) is 1. The van der Waals surface area contributed by atoms with Gasteiger partial charge in [-0.25, -0.2) is 14.9 Å². The van der Waals surface area contributed by atoms with Gasteiger partial charge in [0.1, 0.15) is 11.8 Å². The van der Waals surface area contributed by atoms with E-state index in [-0.39, 0.29) is 12.0 Å². The van der Waals surface area contributed by atoms with Crippen molar-refractivity contribution in [2.24, 2.45) is 0 Å². The van der Waals surface area contributed by atoms with Crippen LogP contribution in [0.4, 0.5) is 0 Å². The van der Waals surface area contributed by atoms with E-state index >= 15 is 0 Å². The van der Waals surface area contributed by atoms with Crippen LogP contribution in [-0.4, -0.2) is 50.2 Å². The second-order valence-electron chi connectivity index (χ2n) is 6.37. The molecule has 138 valence electrons. The second kappa shape index (κ2) is 7.06. The lowest BCUT2D eigenvalue weighted by atomic mass is 10.1. The van der Waals surface area contributed by atoms with Crippen LogP contribution in [0, 0.1) is 0 Å². The summed E-state index contributed by atoms with van der Waals surface area (Å²) < 4.78 is 6.16. The third kappa shape index (κ3) is 3.46. The molecule has 0 radical (unpaired) electrons. The summed E-state index contributed by atoms with van der Waals surface area (Å²) in [5, 5.41) is 8.10. The van der Waals surface area contributed by atoms with Gasteiger partial charge in [0, 0.05) is 18.4 Å². The third-order valence-corrected chi connectivity index (χ3v) is 4.49. The molecule has 3 aromatic rings. The first-order valence-electron chi connectivity index (χ1n) is 8.77. The number of pyridine rings is 1. The van der Waals surface area contributed by atoms with Gasteiger partial charge >= 0.3 is 5.69 Å². The van der Waals surface area contributed by atoms with Gasteiger partial charge in [-0.05, 0) is 30.5 Å². The molecule has 2 N–H and O–H groups in total. The van der Waals surface area contributed by atoms with Crippen molar-refractivity contribution in [1.29, 1.82) is 0 Å². The van der Waals surface area contributed by atoms with Gasteiger partial charge in [-0.2, -0.15) is 5.10 Å². The van der Waals surface area contributed by atoms with Crippen molar-refractivity contribution < 1.29 is 9.53 Å². The predicted octanol–water partition coefficient (Wildman–Crippen LogP) is 1.87. The van der Waals surface area contributed by atoms with Crippen molar-refractivity contribution in [3.05, 3.63) is 53.0 Å². The summed E-state index contributed by atoms with van der Waals surface area (Å²) in [6.45, 7) is 2.99. The Labute approximate surface area is 154 Å². The molecule has 27 heavy (non-hydrogen) atoms. The maximum Gasteiger partial charge on any atom is 0.340 e. The highest BCUT2D eigenvalue weighted by atomic mass is 16.5. The molecule has 1 saturated heterocycles. The van der Waals surface area contributed by atoms with Crippen LogP contribution in [0.25, 0.3) is 22.3 Å². The fraction of sp³-hybridized carbons (Fsp3) is 0.263. The molecule has 0 unspecified atom stereocenters. The van der Waals surface area contributed by atoms with E-state index in [1.165, 1.54) is 0 Å². The SMILES string of the molecule is C/C=C/C(=O)N1CC[C@H](Oc2nc(-c3n[nH]c(=O)[nH]3)cc3ccccc23)C1. The Morgan fingerprint density at radius 3 is 3.00 bits per heavy atom. The maximum atomic E-state index is 12.0. The first-order valence-corrected chi connectivity index (χ1v) is 8.77. The number of benzene rings is 1. The Morgan fingerprint density at radius 2 is 2.22 bits per heavy atom. The van der Waals surface area contributed by atoms with Gasteiger partial charge < -0.3 is 9.64 Å². The highest BCUT2D eigenvalue weighted by Gasteiger charge is 2.27. The normalized spacial score (nSPS) is 17.1. The average molecular weight is 365 g/mol. The van der Waals surface area contributed by atoms with Crippen LogP contribution in [0.15, 0.2) is 47.3 Å². The highest BCUT2D eigenvalue weighted by molar-refractivity contribution is 5.89. The van der Waals surface area contributed by atoms with E-state index in [9.17, 15) is 9.59 Å². The summed E-state index contributed by atoms with van der Waals surface area (Å²) in [5.41, 5.74) is 0.123. The van der Waals surface area contributed by atoms with Crippen LogP contribution in [0.1, 0.15) is 13.3 Å². The molecule has 8 nitrogen and oxygen atoms in total. The number of likely N-dealkylation sites (tertiary alicyclic amines) is 1. The van der Waals surface area contributed by atoms with E-state index in [1.807, 2.05) is 37.3 Å². The van der Waals surface area contributed by atoms with Crippen LogP contribution in [-0.2, 0) is 4.79 Å². The Bertz CT molecular complexity index is 1070. The number of fused-ring (bicyclic) bond motifs is 1. The first-order chi connectivity index (χ1) is 13.1. The third-order valence-electron chi connectivity index (χ3n) is 4.49. The molecular formula is C19H19N5O3. The minimum absolute atomic E-state index is 0.00994. The van der Waals surface area contributed by atoms with Gasteiger partial charge in [-0.15, -0.1) is 0 Å². The average Bonchev–Trinajstić information content (AvgIpc) is 3.31. The summed E-state index contributed by atoms with van der Waals surface area (Å²) in [7, 11) is 0. The summed E-state index contributed by atoms with van der Waals surface area (Å²) in [6.07, 6.45) is 3.90. The van der Waals surface area contributed by atoms with Crippen molar-refractivity contribution in [1.82, 2.24) is 25.1 Å². The molecule has 1 aromatic carbocycles. The monoisotopic (exact) mass is 365 g/mol. The van der Waals surface area contributed by atoms with Crippen LogP contribution in [0.5, 0.6) is 5.88 Å². The van der Waals surface area contributed by atoms with Gasteiger partial charge in [0.15, 0.2) is 5.82 Å². The highest BCUT2D eigenvalue weighted by Crippen LogP contribution is 2.29. The number of nitrogens with one attached hydrogen (secondary N) is 2. The second-order valence-corrected chi connectivity index (χ2v) is 6.37. The standard InChI is InChI=1S/C19H19N5O3/c1-2-5-16(25)24-9-8-13(11-24)27-18-14-7-4-3-6-12(14)10-15(20-18)17-21-19(26)23-22-17/h2-7,10,13H,8-9,11H2,1H3,(H2,21,22,23,26)/b5-2+/t13-/m0/s1. The molecule has 1 fully saturated rings. The van der Waals surface area contributed by atoms with E-state index in [2.05, 4.69) is 20.2 Å². The molecule has 0 aliphatic carbocycles. The van der Waals surface area contributed by atoms with Crippen molar-refractivity contribution in [3.8, 4) is 17.4 Å². The van der Waals surface area contributed by atoms with Crippen molar-refractivity contribution in [2.75, 3.05) is 13.1 Å². The number of amides is 1. The molecule has 3 heterocycles. The van der Waals surface area contributed by atoms with Gasteiger partial charge in [-0.1, -0.05) is 24.3 Å². The van der Waals surface area contributed by atoms with Crippen LogP contribution >= 0.6 is 0 Å². The van der Waals surface area contributed by atoms with Crippen LogP contribution in [0.2, 0.25) is 0 Å². The number of hydrogen-bond acceptors (Lipinski definition) is 5. The van der Waals surface area contributed by atoms with E-state index < -0.39 is 5.69 Å². The molecule has 2 aromatic heterocycles. The Hall–Kier alpha value is -3.42. The zero-order valence-corrected chi connectivity index (χ0v) is 14.8. The molecule has 0 bridgehead atoms. The molecule has 8 heteroatoms. The summed E-state index contributed by atoms with van der Waals surface area (Å²) in [5.74, 6) is 0.813. The predicted molar refractivity (Wildman–Crippen MR) is 100 cm³/mol. The summed E-state index contributed by atoms with van der Waals surface area (Å²) >= 11 is 0. The Balaban J connectivity index is 1.65. The van der Waals surface area contributed by atoms with E-state index in [1.54, 1.807) is 17.1 Å². The molecule has 1 atom stereocenters. The van der Waals surface area contributed by atoms with Crippen molar-refractivity contribution in [2.45, 2.75) is 19.4 Å². The first kappa shape index (κ1) is 17.0. The zero-order valence-electron chi connectivity index (χ0n) is 14.8. The number of nitrogens with zero attached hydrogens (tertiary/aromatic N) is 3. The zero-order chi connectivity index (χ0) is 18.8. The molecule has 4 rings (SSSR count). The van der Waals surface area contributed by atoms with Crippen LogP contribution < -0.4 is 10.4 Å². The number of rotatable bonds is 4. The fourth-order valence-corrected chi connectivity index (χ4v) is 3.20. The molecular weight excluding hydrogens is 346 g/mol. The maximum absolute atomic E-state index is 12.0. The number of aromatic nitrogens is 4. The lowest BCUT2D eigenvalue weighted by Crippen LogP contribution is -2.29. The van der Waals surface area contributed by atoms with E-state index in [0.717, 1.165) is 17.2 Å². The Kier molecular flexibility index (Phi) is 4.45. The van der Waals surface area contributed by atoms with Crippen molar-refractivity contribution in [3.63, 3.8) is 0 Å². The molecule has 1 aliphatic rings. The number of carbonyl (C=O) groups excluding carboxylic acids is 1.